The number of nitrogens with zero attached hydrogens (tertiary/aromatic N) is 1. The van der Waals surface area contributed by atoms with E-state index in [0.29, 0.717) is 6.04 Å². The number of likely N-dealkylation sites (N-methyl/N-ethyl adjacent to an activating group) is 1. The molecule has 1 heterocycles. The third kappa shape index (κ3) is 2.09. The highest BCUT2D eigenvalue weighted by Gasteiger charge is 2.46. The van der Waals surface area contributed by atoms with Crippen LogP contribution in [0.15, 0.2) is 0 Å². The first kappa shape index (κ1) is 11.9. The molecule has 1 saturated carbocycles. The molecule has 2 aliphatic rings. The standard InChI is InChI=1S/C12H22N2O2/c1-2-14(10-5-3-4-6-10)12(7-11(15)16)8-13-9-12/h10,13H,2-9H2,1H3,(H,15,16). The molecular formula is C12H22N2O2. The number of nitrogens with one attached hydrogen (secondary N) is 1. The van der Waals surface area contributed by atoms with Crippen LogP contribution in [0.25, 0.3) is 0 Å². The lowest BCUT2D eigenvalue weighted by Crippen LogP contribution is -2.71. The molecule has 1 saturated heterocycles. The van der Waals surface area contributed by atoms with Crippen molar-refractivity contribution in [2.75, 3.05) is 19.6 Å². The second kappa shape index (κ2) is 4.72. The molecule has 92 valence electrons. The number of carboxylic acids is 1. The second-order valence-corrected chi connectivity index (χ2v) is 5.12. The first-order valence-electron chi connectivity index (χ1n) is 6.37. The van der Waals surface area contributed by atoms with Gasteiger partial charge in [0.15, 0.2) is 0 Å². The van der Waals surface area contributed by atoms with Crippen molar-refractivity contribution < 1.29 is 9.90 Å². The lowest BCUT2D eigenvalue weighted by molar-refractivity contribution is -0.142. The fraction of sp³-hybridized carbons (Fsp3) is 0.917. The summed E-state index contributed by atoms with van der Waals surface area (Å²) in [6.07, 6.45) is 5.38. The third-order valence-electron chi connectivity index (χ3n) is 4.10. The number of rotatable bonds is 5. The smallest absolute Gasteiger partial charge is 0.305 e. The number of carbonyl (C=O) groups is 1. The number of hydrogen-bond acceptors (Lipinski definition) is 3. The second-order valence-electron chi connectivity index (χ2n) is 5.12. The normalized spacial score (nSPS) is 24.6. The van der Waals surface area contributed by atoms with Gasteiger partial charge in [-0.05, 0) is 19.4 Å². The molecular weight excluding hydrogens is 204 g/mol. The molecule has 0 aromatic carbocycles. The summed E-state index contributed by atoms with van der Waals surface area (Å²) in [4.78, 5) is 13.4. The molecule has 4 nitrogen and oxygen atoms in total. The molecule has 0 unspecified atom stereocenters. The van der Waals surface area contributed by atoms with Gasteiger partial charge < -0.3 is 10.4 Å². The van der Waals surface area contributed by atoms with E-state index in [1.165, 1.54) is 25.7 Å². The van der Waals surface area contributed by atoms with Crippen LogP contribution in [0.4, 0.5) is 0 Å². The van der Waals surface area contributed by atoms with Gasteiger partial charge in [0.2, 0.25) is 0 Å². The molecule has 0 atom stereocenters. The molecule has 0 radical (unpaired) electrons. The van der Waals surface area contributed by atoms with E-state index in [4.69, 9.17) is 5.11 Å². The number of aliphatic carboxylic acids is 1. The van der Waals surface area contributed by atoms with Gasteiger partial charge in [-0.25, -0.2) is 0 Å². The van der Waals surface area contributed by atoms with Crippen LogP contribution in [0.2, 0.25) is 0 Å². The van der Waals surface area contributed by atoms with Crippen LogP contribution in [0.3, 0.4) is 0 Å². The topological polar surface area (TPSA) is 52.6 Å². The highest BCUT2D eigenvalue weighted by Crippen LogP contribution is 2.33. The van der Waals surface area contributed by atoms with Crippen LogP contribution in [0.5, 0.6) is 0 Å². The van der Waals surface area contributed by atoms with Gasteiger partial charge in [-0.2, -0.15) is 0 Å². The van der Waals surface area contributed by atoms with Crippen molar-refractivity contribution in [2.45, 2.75) is 50.6 Å². The Labute approximate surface area is 97.0 Å². The molecule has 16 heavy (non-hydrogen) atoms. The van der Waals surface area contributed by atoms with Gasteiger partial charge >= 0.3 is 5.97 Å². The molecule has 2 rings (SSSR count). The minimum atomic E-state index is -0.669. The predicted molar refractivity (Wildman–Crippen MR) is 62.5 cm³/mol. The molecule has 1 aliphatic heterocycles. The van der Waals surface area contributed by atoms with Crippen LogP contribution in [-0.4, -0.2) is 47.2 Å². The Morgan fingerprint density at radius 2 is 2.06 bits per heavy atom. The van der Waals surface area contributed by atoms with Crippen molar-refractivity contribution in [3.63, 3.8) is 0 Å². The summed E-state index contributed by atoms with van der Waals surface area (Å²) in [5, 5.41) is 12.3. The zero-order valence-electron chi connectivity index (χ0n) is 10.0. The quantitative estimate of drug-likeness (QED) is 0.736. The van der Waals surface area contributed by atoms with E-state index < -0.39 is 5.97 Å². The highest BCUT2D eigenvalue weighted by atomic mass is 16.4. The molecule has 0 bridgehead atoms. The van der Waals surface area contributed by atoms with E-state index in [1.807, 2.05) is 0 Å². The average Bonchev–Trinajstić information content (AvgIpc) is 2.67. The van der Waals surface area contributed by atoms with Gasteiger partial charge in [0.1, 0.15) is 0 Å². The van der Waals surface area contributed by atoms with E-state index in [-0.39, 0.29) is 12.0 Å². The maximum atomic E-state index is 11.0. The largest absolute Gasteiger partial charge is 0.481 e. The van der Waals surface area contributed by atoms with Crippen molar-refractivity contribution in [2.24, 2.45) is 0 Å². The molecule has 1 aliphatic carbocycles. The zero-order valence-corrected chi connectivity index (χ0v) is 10.0. The molecule has 2 fully saturated rings. The predicted octanol–water partition coefficient (Wildman–Crippen LogP) is 1.07. The van der Waals surface area contributed by atoms with Crippen LogP contribution >= 0.6 is 0 Å². The summed E-state index contributed by atoms with van der Waals surface area (Å²) in [5.41, 5.74) is -0.102. The summed E-state index contributed by atoms with van der Waals surface area (Å²) in [6.45, 7) is 4.80. The van der Waals surface area contributed by atoms with Gasteiger partial charge in [-0.15, -0.1) is 0 Å². The van der Waals surface area contributed by atoms with Crippen molar-refractivity contribution in [1.29, 1.82) is 0 Å². The van der Waals surface area contributed by atoms with E-state index in [2.05, 4.69) is 17.1 Å². The summed E-state index contributed by atoms with van der Waals surface area (Å²) in [7, 11) is 0. The van der Waals surface area contributed by atoms with Crippen LogP contribution < -0.4 is 5.32 Å². The minimum absolute atomic E-state index is 0.102. The molecule has 4 heteroatoms. The maximum Gasteiger partial charge on any atom is 0.305 e. The van der Waals surface area contributed by atoms with E-state index in [9.17, 15) is 4.79 Å². The van der Waals surface area contributed by atoms with E-state index in [0.717, 1.165) is 19.6 Å². The highest BCUT2D eigenvalue weighted by molar-refractivity contribution is 5.69. The zero-order chi connectivity index (χ0) is 11.6. The van der Waals surface area contributed by atoms with E-state index in [1.54, 1.807) is 0 Å². The monoisotopic (exact) mass is 226 g/mol. The van der Waals surface area contributed by atoms with Crippen molar-refractivity contribution in [1.82, 2.24) is 10.2 Å². The van der Waals surface area contributed by atoms with Crippen molar-refractivity contribution in [3.8, 4) is 0 Å². The Balaban J connectivity index is 2.07. The SMILES string of the molecule is CCN(C1CCCC1)C1(CC(=O)O)CNC1. The van der Waals surface area contributed by atoms with Gasteiger partial charge in [0.25, 0.3) is 0 Å². The Bertz CT molecular complexity index is 258. The fourth-order valence-electron chi connectivity index (χ4n) is 3.32. The van der Waals surface area contributed by atoms with E-state index >= 15 is 0 Å². The first-order chi connectivity index (χ1) is 7.68. The number of hydrogen-bond donors (Lipinski definition) is 2. The lowest BCUT2D eigenvalue weighted by atomic mass is 9.84. The Morgan fingerprint density at radius 3 is 2.44 bits per heavy atom. The van der Waals surface area contributed by atoms with Crippen molar-refractivity contribution >= 4 is 5.97 Å². The molecule has 0 spiro atoms. The van der Waals surface area contributed by atoms with Crippen molar-refractivity contribution in [3.05, 3.63) is 0 Å². The molecule has 0 amide bonds. The number of carboxylic acid groups (broad SMARTS) is 1. The first-order valence-corrected chi connectivity index (χ1v) is 6.37. The molecule has 2 N–H and O–H groups in total. The average molecular weight is 226 g/mol. The summed E-state index contributed by atoms with van der Waals surface area (Å²) in [6, 6.07) is 0.617. The van der Waals surface area contributed by atoms with Gasteiger partial charge in [-0.1, -0.05) is 19.8 Å². The van der Waals surface area contributed by atoms with Gasteiger partial charge in [0.05, 0.1) is 12.0 Å². The summed E-state index contributed by atoms with van der Waals surface area (Å²) >= 11 is 0. The minimum Gasteiger partial charge on any atom is -0.481 e. The van der Waals surface area contributed by atoms with Crippen LogP contribution in [0, 0.1) is 0 Å². The van der Waals surface area contributed by atoms with Crippen LogP contribution in [0.1, 0.15) is 39.0 Å². The summed E-state index contributed by atoms with van der Waals surface area (Å²) in [5.74, 6) is -0.669. The fourth-order valence-corrected chi connectivity index (χ4v) is 3.32. The maximum absolute atomic E-state index is 11.0. The Morgan fingerprint density at radius 1 is 1.44 bits per heavy atom. The lowest BCUT2D eigenvalue weighted by Gasteiger charge is -2.52. The molecule has 0 aromatic heterocycles. The van der Waals surface area contributed by atoms with Gasteiger partial charge in [-0.3, -0.25) is 9.69 Å². The van der Waals surface area contributed by atoms with Gasteiger partial charge in [0, 0.05) is 19.1 Å². The van der Waals surface area contributed by atoms with Crippen LogP contribution in [-0.2, 0) is 4.79 Å². The summed E-state index contributed by atoms with van der Waals surface area (Å²) < 4.78 is 0. The Kier molecular flexibility index (Phi) is 3.50. The third-order valence-corrected chi connectivity index (χ3v) is 4.10. The molecule has 0 aromatic rings. The Hall–Kier alpha value is -0.610.